The summed E-state index contributed by atoms with van der Waals surface area (Å²) >= 11 is 0. The van der Waals surface area contributed by atoms with Crippen LogP contribution in [0.25, 0.3) is 0 Å². The van der Waals surface area contributed by atoms with Gasteiger partial charge in [0.25, 0.3) is 0 Å². The monoisotopic (exact) mass is 256 g/mol. The fourth-order valence-corrected chi connectivity index (χ4v) is 4.19. The molecule has 4 rings (SSSR count). The van der Waals surface area contributed by atoms with Gasteiger partial charge < -0.3 is 4.74 Å². The minimum absolute atomic E-state index is 0.177. The van der Waals surface area contributed by atoms with Crippen LogP contribution in [0.1, 0.15) is 36.3 Å². The van der Waals surface area contributed by atoms with Crippen LogP contribution in [-0.4, -0.2) is 19.0 Å². The first kappa shape index (κ1) is 11.7. The van der Waals surface area contributed by atoms with Crippen molar-refractivity contribution >= 4 is 5.78 Å². The highest BCUT2D eigenvalue weighted by atomic mass is 16.5. The van der Waals surface area contributed by atoms with Gasteiger partial charge in [0.2, 0.25) is 0 Å². The molecule has 2 heteroatoms. The first-order valence-corrected chi connectivity index (χ1v) is 7.55. The van der Waals surface area contributed by atoms with Crippen LogP contribution in [0.5, 0.6) is 0 Å². The number of ether oxygens (including phenoxy) is 1. The van der Waals surface area contributed by atoms with Crippen molar-refractivity contribution in [2.45, 2.75) is 31.6 Å². The van der Waals surface area contributed by atoms with Crippen molar-refractivity contribution in [3.63, 3.8) is 0 Å². The number of rotatable bonds is 2. The van der Waals surface area contributed by atoms with Gasteiger partial charge in [-0.15, -0.1) is 0 Å². The SMILES string of the molecule is O=C(C1CCCOC1)C1C2CCc3ccccc3C21. The molecule has 0 aromatic heterocycles. The molecule has 2 aliphatic carbocycles. The fourth-order valence-electron chi connectivity index (χ4n) is 4.19. The van der Waals surface area contributed by atoms with Crippen molar-refractivity contribution in [1.82, 2.24) is 0 Å². The van der Waals surface area contributed by atoms with Gasteiger partial charge >= 0.3 is 0 Å². The lowest BCUT2D eigenvalue weighted by atomic mass is 9.91. The molecule has 19 heavy (non-hydrogen) atoms. The summed E-state index contributed by atoms with van der Waals surface area (Å²) in [4.78, 5) is 12.7. The molecule has 1 saturated heterocycles. The van der Waals surface area contributed by atoms with Crippen LogP contribution < -0.4 is 0 Å². The fraction of sp³-hybridized carbons (Fsp3) is 0.588. The zero-order valence-electron chi connectivity index (χ0n) is 11.2. The predicted molar refractivity (Wildman–Crippen MR) is 73.0 cm³/mol. The number of aryl methyl sites for hydroxylation is 1. The maximum Gasteiger partial charge on any atom is 0.142 e. The summed E-state index contributed by atoms with van der Waals surface area (Å²) in [7, 11) is 0. The van der Waals surface area contributed by atoms with E-state index < -0.39 is 0 Å². The van der Waals surface area contributed by atoms with Gasteiger partial charge in [0.05, 0.1) is 6.61 Å². The molecule has 1 aromatic carbocycles. The lowest BCUT2D eigenvalue weighted by molar-refractivity contribution is -0.128. The molecule has 4 atom stereocenters. The average Bonchev–Trinajstić information content (AvgIpc) is 3.22. The third-order valence-electron chi connectivity index (χ3n) is 5.22. The molecule has 1 aromatic rings. The van der Waals surface area contributed by atoms with Crippen molar-refractivity contribution in [2.75, 3.05) is 13.2 Å². The van der Waals surface area contributed by atoms with E-state index in [1.54, 1.807) is 0 Å². The molecule has 1 saturated carbocycles. The van der Waals surface area contributed by atoms with Crippen molar-refractivity contribution < 1.29 is 9.53 Å². The Kier molecular flexibility index (Phi) is 2.73. The number of hydrogen-bond donors (Lipinski definition) is 0. The second kappa shape index (κ2) is 4.45. The lowest BCUT2D eigenvalue weighted by Crippen LogP contribution is -2.27. The Labute approximate surface area is 114 Å². The van der Waals surface area contributed by atoms with Gasteiger partial charge in [-0.2, -0.15) is 0 Å². The normalized spacial score (nSPS) is 36.2. The highest BCUT2D eigenvalue weighted by Gasteiger charge is 2.57. The highest BCUT2D eigenvalue weighted by Crippen LogP contribution is 2.61. The van der Waals surface area contributed by atoms with Gasteiger partial charge in [-0.25, -0.2) is 0 Å². The maximum atomic E-state index is 12.7. The Balaban J connectivity index is 1.55. The van der Waals surface area contributed by atoms with Crippen LogP contribution in [0.2, 0.25) is 0 Å². The Morgan fingerprint density at radius 3 is 2.95 bits per heavy atom. The van der Waals surface area contributed by atoms with Gasteiger partial charge in [0, 0.05) is 18.4 Å². The first-order valence-electron chi connectivity index (χ1n) is 7.55. The summed E-state index contributed by atoms with van der Waals surface area (Å²) in [5, 5.41) is 0. The molecule has 0 radical (unpaired) electrons. The van der Waals surface area contributed by atoms with E-state index in [-0.39, 0.29) is 5.92 Å². The Morgan fingerprint density at radius 1 is 1.21 bits per heavy atom. The van der Waals surface area contributed by atoms with Crippen LogP contribution in [0.4, 0.5) is 0 Å². The summed E-state index contributed by atoms with van der Waals surface area (Å²) in [6.45, 7) is 1.50. The molecule has 1 aliphatic heterocycles. The molecule has 4 unspecified atom stereocenters. The molecule has 0 bridgehead atoms. The van der Waals surface area contributed by atoms with Crippen LogP contribution in [0, 0.1) is 17.8 Å². The van der Waals surface area contributed by atoms with Gasteiger partial charge in [-0.05, 0) is 48.6 Å². The van der Waals surface area contributed by atoms with Gasteiger partial charge in [-0.1, -0.05) is 24.3 Å². The number of fused-ring (bicyclic) bond motifs is 3. The zero-order valence-corrected chi connectivity index (χ0v) is 11.2. The standard InChI is InChI=1S/C17H20O2/c18-17(12-5-3-9-19-10-12)16-14-8-7-11-4-1-2-6-13(11)15(14)16/h1-2,4,6,12,14-16H,3,5,7-10H2. The third kappa shape index (κ3) is 1.85. The van der Waals surface area contributed by atoms with E-state index in [9.17, 15) is 4.79 Å². The molecular weight excluding hydrogens is 236 g/mol. The number of Topliss-reactive ketones (excluding diaryl/α,β-unsaturated/α-hetero) is 1. The molecule has 0 amide bonds. The maximum absolute atomic E-state index is 12.7. The molecule has 3 aliphatic rings. The smallest absolute Gasteiger partial charge is 0.142 e. The number of benzene rings is 1. The molecule has 2 fully saturated rings. The second-order valence-electron chi connectivity index (χ2n) is 6.27. The Morgan fingerprint density at radius 2 is 2.11 bits per heavy atom. The number of carbonyl (C=O) groups is 1. The molecule has 0 N–H and O–H groups in total. The number of hydrogen-bond acceptors (Lipinski definition) is 2. The summed E-state index contributed by atoms with van der Waals surface area (Å²) in [6.07, 6.45) is 4.44. The number of ketones is 1. The van der Waals surface area contributed by atoms with Crippen molar-refractivity contribution in [1.29, 1.82) is 0 Å². The van der Waals surface area contributed by atoms with Crippen molar-refractivity contribution in [3.8, 4) is 0 Å². The van der Waals surface area contributed by atoms with Crippen molar-refractivity contribution in [3.05, 3.63) is 35.4 Å². The van der Waals surface area contributed by atoms with E-state index in [2.05, 4.69) is 24.3 Å². The van der Waals surface area contributed by atoms with E-state index in [1.807, 2.05) is 0 Å². The van der Waals surface area contributed by atoms with Gasteiger partial charge in [-0.3, -0.25) is 4.79 Å². The van der Waals surface area contributed by atoms with Crippen LogP contribution in [-0.2, 0) is 16.0 Å². The Bertz CT molecular complexity index is 502. The topological polar surface area (TPSA) is 26.3 Å². The minimum atomic E-state index is 0.177. The van der Waals surface area contributed by atoms with E-state index in [1.165, 1.54) is 17.5 Å². The molecule has 100 valence electrons. The third-order valence-corrected chi connectivity index (χ3v) is 5.22. The highest BCUT2D eigenvalue weighted by molar-refractivity contribution is 5.88. The van der Waals surface area contributed by atoms with Gasteiger partial charge in [0.15, 0.2) is 0 Å². The quantitative estimate of drug-likeness (QED) is 0.813. The van der Waals surface area contributed by atoms with Crippen LogP contribution in [0.3, 0.4) is 0 Å². The van der Waals surface area contributed by atoms with Crippen molar-refractivity contribution in [2.24, 2.45) is 17.8 Å². The second-order valence-corrected chi connectivity index (χ2v) is 6.27. The average molecular weight is 256 g/mol. The predicted octanol–water partition coefficient (Wildman–Crippen LogP) is 2.96. The molecule has 0 spiro atoms. The van der Waals surface area contributed by atoms with Crippen LogP contribution >= 0.6 is 0 Å². The van der Waals surface area contributed by atoms with Crippen LogP contribution in [0.15, 0.2) is 24.3 Å². The zero-order chi connectivity index (χ0) is 12.8. The number of carbonyl (C=O) groups excluding carboxylic acids is 1. The van der Waals surface area contributed by atoms with E-state index >= 15 is 0 Å². The summed E-state index contributed by atoms with van der Waals surface area (Å²) in [6, 6.07) is 8.70. The summed E-state index contributed by atoms with van der Waals surface area (Å²) < 4.78 is 5.48. The minimum Gasteiger partial charge on any atom is -0.381 e. The van der Waals surface area contributed by atoms with E-state index in [0.29, 0.717) is 30.1 Å². The van der Waals surface area contributed by atoms with E-state index in [4.69, 9.17) is 4.74 Å². The molecule has 2 nitrogen and oxygen atoms in total. The van der Waals surface area contributed by atoms with Gasteiger partial charge in [0.1, 0.15) is 5.78 Å². The summed E-state index contributed by atoms with van der Waals surface area (Å²) in [5.41, 5.74) is 2.92. The lowest BCUT2D eigenvalue weighted by Gasteiger charge is -2.21. The molecular formula is C17H20O2. The Hall–Kier alpha value is -1.15. The largest absolute Gasteiger partial charge is 0.381 e. The summed E-state index contributed by atoms with van der Waals surface area (Å²) in [5.74, 6) is 2.13. The first-order chi connectivity index (χ1) is 9.36. The molecule has 1 heterocycles. The van der Waals surface area contributed by atoms with E-state index in [0.717, 1.165) is 25.9 Å².